The Morgan fingerprint density at radius 3 is 2.63 bits per heavy atom. The largest absolute Gasteiger partial charge is 0.471 e. The summed E-state index contributed by atoms with van der Waals surface area (Å²) in [6.07, 6.45) is -0.717. The first-order chi connectivity index (χ1) is 12.9. The van der Waals surface area contributed by atoms with E-state index in [1.54, 1.807) is 13.8 Å². The first-order valence-corrected chi connectivity index (χ1v) is 8.71. The van der Waals surface area contributed by atoms with Crippen molar-refractivity contribution in [3.05, 3.63) is 74.8 Å². The number of halogens is 1. The molecule has 0 radical (unpaired) electrons. The van der Waals surface area contributed by atoms with Gasteiger partial charge in [-0.15, -0.1) is 0 Å². The number of benzene rings is 2. The van der Waals surface area contributed by atoms with Gasteiger partial charge < -0.3 is 9.47 Å². The van der Waals surface area contributed by atoms with E-state index in [2.05, 4.69) is 4.99 Å². The van der Waals surface area contributed by atoms with Crippen molar-refractivity contribution in [2.24, 2.45) is 4.99 Å². The van der Waals surface area contributed by atoms with E-state index in [9.17, 15) is 14.9 Å². The van der Waals surface area contributed by atoms with Gasteiger partial charge in [0, 0.05) is 23.3 Å². The molecule has 1 aliphatic heterocycles. The van der Waals surface area contributed by atoms with Crippen LogP contribution in [0.2, 0.25) is 5.02 Å². The number of rotatable bonds is 5. The number of non-ortho nitro benzene ring substituents is 1. The van der Waals surface area contributed by atoms with Crippen molar-refractivity contribution in [1.29, 1.82) is 0 Å². The molecule has 2 atom stereocenters. The smallest absolute Gasteiger partial charge is 0.342 e. The van der Waals surface area contributed by atoms with Crippen molar-refractivity contribution in [3.63, 3.8) is 0 Å². The minimum absolute atomic E-state index is 0.0470. The number of nitro benzene ring substituents is 1. The summed E-state index contributed by atoms with van der Waals surface area (Å²) in [4.78, 5) is 27.9. The van der Waals surface area contributed by atoms with Gasteiger partial charge in [0.1, 0.15) is 6.10 Å². The summed E-state index contributed by atoms with van der Waals surface area (Å²) in [5.74, 6) is -0.343. The van der Waals surface area contributed by atoms with Gasteiger partial charge in [0.05, 0.1) is 16.6 Å². The molecule has 0 aromatic heterocycles. The van der Waals surface area contributed by atoms with Gasteiger partial charge in [0.15, 0.2) is 0 Å². The van der Waals surface area contributed by atoms with Crippen LogP contribution in [0.4, 0.5) is 5.69 Å². The molecule has 0 amide bonds. The second-order valence-corrected chi connectivity index (χ2v) is 6.36. The Labute approximate surface area is 160 Å². The van der Waals surface area contributed by atoms with Crippen LogP contribution in [0.3, 0.4) is 0 Å². The van der Waals surface area contributed by atoms with Crippen LogP contribution in [0.5, 0.6) is 0 Å². The lowest BCUT2D eigenvalue weighted by molar-refractivity contribution is -0.384. The van der Waals surface area contributed by atoms with Gasteiger partial charge in [0.25, 0.3) is 5.69 Å². The summed E-state index contributed by atoms with van der Waals surface area (Å²) < 4.78 is 11.1. The second-order valence-electron chi connectivity index (χ2n) is 5.95. The zero-order valence-corrected chi connectivity index (χ0v) is 15.5. The fraction of sp³-hybridized carbons (Fsp3) is 0.263. The molecule has 27 heavy (non-hydrogen) atoms. The molecule has 0 spiro atoms. The first kappa shape index (κ1) is 18.8. The van der Waals surface area contributed by atoms with E-state index >= 15 is 0 Å². The molecule has 0 saturated heterocycles. The van der Waals surface area contributed by atoms with Crippen LogP contribution in [0, 0.1) is 10.1 Å². The number of hydrogen-bond donors (Lipinski definition) is 0. The van der Waals surface area contributed by atoms with E-state index < -0.39 is 22.5 Å². The number of esters is 1. The molecule has 1 heterocycles. The van der Waals surface area contributed by atoms with E-state index in [0.717, 1.165) is 0 Å². The van der Waals surface area contributed by atoms with Gasteiger partial charge in [-0.25, -0.2) is 9.79 Å². The molecule has 7 nitrogen and oxygen atoms in total. The van der Waals surface area contributed by atoms with E-state index in [1.807, 2.05) is 30.3 Å². The Morgan fingerprint density at radius 2 is 2.04 bits per heavy atom. The maximum absolute atomic E-state index is 12.9. The van der Waals surface area contributed by atoms with Crippen molar-refractivity contribution in [2.45, 2.75) is 25.5 Å². The SMILES string of the molecule is CCOC(=O)[C@@]1(c2ccc([N+](=O)[O-])cc2Cl)N=C(c2ccccc2)O[C@H]1C. The van der Waals surface area contributed by atoms with Crippen LogP contribution in [0.25, 0.3) is 0 Å². The standard InChI is InChI=1S/C19H17ClN2O5/c1-3-26-18(23)19(15-10-9-14(22(24)25)11-16(15)20)12(2)27-17(21-19)13-7-5-4-6-8-13/h4-12H,3H2,1-2H3/t12-,19+/m0/s1. The van der Waals surface area contributed by atoms with Crippen LogP contribution in [0.1, 0.15) is 25.0 Å². The summed E-state index contributed by atoms with van der Waals surface area (Å²) >= 11 is 6.31. The Bertz CT molecular complexity index is 916. The molecule has 0 fully saturated rings. The fourth-order valence-electron chi connectivity index (χ4n) is 3.01. The average molecular weight is 389 g/mol. The molecule has 8 heteroatoms. The van der Waals surface area contributed by atoms with Crippen molar-refractivity contribution in [3.8, 4) is 0 Å². The predicted molar refractivity (Wildman–Crippen MR) is 99.9 cm³/mol. The van der Waals surface area contributed by atoms with Crippen LogP contribution in [-0.2, 0) is 19.8 Å². The van der Waals surface area contributed by atoms with Crippen LogP contribution in [0.15, 0.2) is 53.5 Å². The van der Waals surface area contributed by atoms with E-state index in [0.29, 0.717) is 11.1 Å². The van der Waals surface area contributed by atoms with Crippen LogP contribution in [-0.4, -0.2) is 29.5 Å². The quantitative estimate of drug-likeness (QED) is 0.440. The average Bonchev–Trinajstić information content (AvgIpc) is 3.00. The Morgan fingerprint density at radius 1 is 1.33 bits per heavy atom. The van der Waals surface area contributed by atoms with E-state index in [1.165, 1.54) is 18.2 Å². The minimum atomic E-state index is -1.55. The predicted octanol–water partition coefficient (Wildman–Crippen LogP) is 3.87. The summed E-state index contributed by atoms with van der Waals surface area (Å²) in [6.45, 7) is 3.52. The van der Waals surface area contributed by atoms with E-state index in [4.69, 9.17) is 21.1 Å². The lowest BCUT2D eigenvalue weighted by Crippen LogP contribution is -2.43. The minimum Gasteiger partial charge on any atom is -0.471 e. The topological polar surface area (TPSA) is 91.0 Å². The molecule has 0 bridgehead atoms. The van der Waals surface area contributed by atoms with Crippen LogP contribution < -0.4 is 0 Å². The van der Waals surface area contributed by atoms with E-state index in [-0.39, 0.29) is 23.2 Å². The fourth-order valence-corrected chi connectivity index (χ4v) is 3.33. The third kappa shape index (κ3) is 3.26. The molecule has 0 saturated carbocycles. The summed E-state index contributed by atoms with van der Waals surface area (Å²) in [5, 5.41) is 11.1. The molecule has 2 aromatic carbocycles. The number of hydrogen-bond acceptors (Lipinski definition) is 6. The number of nitro groups is 1. The molecular formula is C19H17ClN2O5. The summed E-state index contributed by atoms with van der Waals surface area (Å²) in [5.41, 5.74) is -0.727. The maximum Gasteiger partial charge on any atom is 0.342 e. The highest BCUT2D eigenvalue weighted by Crippen LogP contribution is 2.43. The van der Waals surface area contributed by atoms with Gasteiger partial charge in [-0.2, -0.15) is 0 Å². The zero-order chi connectivity index (χ0) is 19.6. The van der Waals surface area contributed by atoms with Crippen LogP contribution >= 0.6 is 11.6 Å². The Kier molecular flexibility index (Phi) is 5.14. The number of carbonyl (C=O) groups excluding carboxylic acids is 1. The molecule has 0 aliphatic carbocycles. The first-order valence-electron chi connectivity index (χ1n) is 8.33. The third-order valence-electron chi connectivity index (χ3n) is 4.34. The molecule has 0 N–H and O–H groups in total. The van der Waals surface area contributed by atoms with Gasteiger partial charge >= 0.3 is 5.97 Å². The van der Waals surface area contributed by atoms with Gasteiger partial charge in [-0.1, -0.05) is 29.8 Å². The zero-order valence-electron chi connectivity index (χ0n) is 14.7. The highest BCUT2D eigenvalue weighted by atomic mass is 35.5. The number of aliphatic imine (C=N–C) groups is 1. The number of ether oxygens (including phenoxy) is 2. The van der Waals surface area contributed by atoms with Gasteiger partial charge in [0.2, 0.25) is 11.4 Å². The highest BCUT2D eigenvalue weighted by Gasteiger charge is 2.54. The molecular weight excluding hydrogens is 372 g/mol. The normalized spacial score (nSPS) is 21.3. The second kappa shape index (κ2) is 7.36. The van der Waals surface area contributed by atoms with Crippen molar-refractivity contribution in [1.82, 2.24) is 0 Å². The Hall–Kier alpha value is -2.93. The third-order valence-corrected chi connectivity index (χ3v) is 4.65. The van der Waals surface area contributed by atoms with Gasteiger partial charge in [-0.05, 0) is 32.0 Å². The van der Waals surface area contributed by atoms with Crippen molar-refractivity contribution < 1.29 is 19.2 Å². The molecule has 2 aromatic rings. The Balaban J connectivity index is 2.18. The van der Waals surface area contributed by atoms with Crippen molar-refractivity contribution in [2.75, 3.05) is 6.61 Å². The number of nitrogens with zero attached hydrogens (tertiary/aromatic N) is 2. The molecule has 140 valence electrons. The highest BCUT2D eigenvalue weighted by molar-refractivity contribution is 6.32. The summed E-state index contributed by atoms with van der Waals surface area (Å²) in [7, 11) is 0. The molecule has 3 rings (SSSR count). The lowest BCUT2D eigenvalue weighted by atomic mass is 9.85. The lowest BCUT2D eigenvalue weighted by Gasteiger charge is -2.28. The molecule has 1 aliphatic rings. The number of carbonyl (C=O) groups is 1. The molecule has 0 unspecified atom stereocenters. The summed E-state index contributed by atoms with van der Waals surface area (Å²) in [6, 6.07) is 13.0. The maximum atomic E-state index is 12.9. The monoisotopic (exact) mass is 388 g/mol. The van der Waals surface area contributed by atoms with Crippen molar-refractivity contribution >= 4 is 29.2 Å². The van der Waals surface area contributed by atoms with Gasteiger partial charge in [-0.3, -0.25) is 10.1 Å².